The Morgan fingerprint density at radius 1 is 1.06 bits per heavy atom. The number of hydrogen-bond acceptors (Lipinski definition) is 2. The summed E-state index contributed by atoms with van der Waals surface area (Å²) in [5.74, 6) is 0.102. The van der Waals surface area contributed by atoms with E-state index in [1.807, 2.05) is 30.4 Å². The molecule has 1 aliphatic carbocycles. The summed E-state index contributed by atoms with van der Waals surface area (Å²) >= 11 is 0. The van der Waals surface area contributed by atoms with Gasteiger partial charge in [-0.25, -0.2) is 8.42 Å². The fourth-order valence-electron chi connectivity index (χ4n) is 2.50. The third-order valence-corrected chi connectivity index (χ3v) is 5.52. The molecule has 0 bridgehead atoms. The van der Waals surface area contributed by atoms with Crippen LogP contribution in [-0.4, -0.2) is 13.7 Å². The Bertz CT molecular complexity index is 582. The smallest absolute Gasteiger partial charge is 0.185 e. The van der Waals surface area contributed by atoms with E-state index in [1.54, 1.807) is 18.2 Å². The largest absolute Gasteiger partial charge is 0.223 e. The molecule has 16 heavy (non-hydrogen) atoms. The standard InChI is InChI=1S/C13H12O2S/c14-16(15)12-7-3-1-5-10(12)9-11-6-2-4-8-13(11)16/h1-8,10,12H,9H2. The highest BCUT2D eigenvalue weighted by molar-refractivity contribution is 7.92. The van der Waals surface area contributed by atoms with Crippen molar-refractivity contribution >= 4 is 9.84 Å². The molecule has 2 nitrogen and oxygen atoms in total. The molecule has 1 aromatic rings. The lowest BCUT2D eigenvalue weighted by Crippen LogP contribution is -2.34. The normalized spacial score (nSPS) is 29.5. The van der Waals surface area contributed by atoms with Crippen molar-refractivity contribution in [2.75, 3.05) is 0 Å². The lowest BCUT2D eigenvalue weighted by atomic mass is 9.92. The second-order valence-electron chi connectivity index (χ2n) is 4.26. The fourth-order valence-corrected chi connectivity index (χ4v) is 4.52. The maximum Gasteiger partial charge on any atom is 0.185 e. The molecule has 0 saturated heterocycles. The van der Waals surface area contributed by atoms with Crippen LogP contribution in [0.1, 0.15) is 5.56 Å². The molecule has 0 radical (unpaired) electrons. The zero-order valence-electron chi connectivity index (χ0n) is 8.71. The maximum atomic E-state index is 12.4. The van der Waals surface area contributed by atoms with E-state index in [4.69, 9.17) is 0 Å². The van der Waals surface area contributed by atoms with Gasteiger partial charge in [0.05, 0.1) is 10.1 Å². The van der Waals surface area contributed by atoms with Gasteiger partial charge in [-0.15, -0.1) is 0 Å². The van der Waals surface area contributed by atoms with Crippen molar-refractivity contribution in [3.05, 3.63) is 54.1 Å². The van der Waals surface area contributed by atoms with Crippen LogP contribution in [0, 0.1) is 5.92 Å². The van der Waals surface area contributed by atoms with Crippen molar-refractivity contribution < 1.29 is 8.42 Å². The lowest BCUT2D eigenvalue weighted by molar-refractivity contribution is 0.542. The van der Waals surface area contributed by atoms with Crippen LogP contribution in [0.5, 0.6) is 0 Å². The molecule has 1 aromatic carbocycles. The Balaban J connectivity index is 2.23. The average Bonchev–Trinajstić information content (AvgIpc) is 2.29. The summed E-state index contributed by atoms with van der Waals surface area (Å²) in [6.45, 7) is 0. The summed E-state index contributed by atoms with van der Waals surface area (Å²) in [6.07, 6.45) is 8.38. The summed E-state index contributed by atoms with van der Waals surface area (Å²) in [5, 5.41) is -0.368. The Morgan fingerprint density at radius 3 is 2.69 bits per heavy atom. The number of rotatable bonds is 0. The van der Waals surface area contributed by atoms with Crippen molar-refractivity contribution in [1.82, 2.24) is 0 Å². The molecule has 2 atom stereocenters. The monoisotopic (exact) mass is 232 g/mol. The summed E-state index contributed by atoms with van der Waals surface area (Å²) < 4.78 is 24.7. The van der Waals surface area contributed by atoms with E-state index in [-0.39, 0.29) is 11.2 Å². The summed E-state index contributed by atoms with van der Waals surface area (Å²) in [6, 6.07) is 7.32. The number of fused-ring (bicyclic) bond motifs is 2. The van der Waals surface area contributed by atoms with E-state index in [0.29, 0.717) is 4.90 Å². The Labute approximate surface area is 95.2 Å². The van der Waals surface area contributed by atoms with Crippen molar-refractivity contribution in [2.45, 2.75) is 16.6 Å². The highest BCUT2D eigenvalue weighted by Gasteiger charge is 2.38. The molecule has 0 spiro atoms. The predicted octanol–water partition coefficient (Wildman–Crippen LogP) is 2.13. The molecule has 0 N–H and O–H groups in total. The van der Waals surface area contributed by atoms with Crippen molar-refractivity contribution in [1.29, 1.82) is 0 Å². The van der Waals surface area contributed by atoms with E-state index >= 15 is 0 Å². The molecule has 0 aromatic heterocycles. The van der Waals surface area contributed by atoms with Gasteiger partial charge in [0.1, 0.15) is 0 Å². The first kappa shape index (κ1) is 9.85. The molecule has 0 fully saturated rings. The van der Waals surface area contributed by atoms with Crippen LogP contribution in [0.15, 0.2) is 53.5 Å². The third kappa shape index (κ3) is 1.28. The zero-order valence-corrected chi connectivity index (χ0v) is 9.52. The van der Waals surface area contributed by atoms with E-state index < -0.39 is 9.84 Å². The van der Waals surface area contributed by atoms with Crippen molar-refractivity contribution in [3.8, 4) is 0 Å². The minimum absolute atomic E-state index is 0.102. The van der Waals surface area contributed by atoms with E-state index in [0.717, 1.165) is 12.0 Å². The summed E-state index contributed by atoms with van der Waals surface area (Å²) in [7, 11) is -3.18. The highest BCUT2D eigenvalue weighted by Crippen LogP contribution is 2.35. The molecule has 1 aliphatic heterocycles. The SMILES string of the molecule is O=S1(=O)c2ccccc2CC2C=CC=CC21. The van der Waals surface area contributed by atoms with Gasteiger partial charge in [0.25, 0.3) is 0 Å². The first-order chi connectivity index (χ1) is 7.69. The Morgan fingerprint density at radius 2 is 1.81 bits per heavy atom. The van der Waals surface area contributed by atoms with Gasteiger partial charge in [0.15, 0.2) is 9.84 Å². The minimum Gasteiger partial charge on any atom is -0.223 e. The molecule has 0 amide bonds. The second kappa shape index (κ2) is 3.32. The Hall–Kier alpha value is -1.35. The topological polar surface area (TPSA) is 34.1 Å². The lowest BCUT2D eigenvalue weighted by Gasteiger charge is -2.30. The Kier molecular flexibility index (Phi) is 2.04. The quantitative estimate of drug-likeness (QED) is 0.686. The predicted molar refractivity (Wildman–Crippen MR) is 62.9 cm³/mol. The molecule has 3 rings (SSSR count). The van der Waals surface area contributed by atoms with E-state index in [1.165, 1.54) is 0 Å². The van der Waals surface area contributed by atoms with Crippen LogP contribution in [0.4, 0.5) is 0 Å². The third-order valence-electron chi connectivity index (χ3n) is 3.29. The van der Waals surface area contributed by atoms with Crippen molar-refractivity contribution in [3.63, 3.8) is 0 Å². The fraction of sp³-hybridized carbons (Fsp3) is 0.231. The maximum absolute atomic E-state index is 12.4. The average molecular weight is 232 g/mol. The van der Waals surface area contributed by atoms with Gasteiger partial charge in [0, 0.05) is 5.92 Å². The van der Waals surface area contributed by atoms with Gasteiger partial charge in [-0.2, -0.15) is 0 Å². The van der Waals surface area contributed by atoms with E-state index in [9.17, 15) is 8.42 Å². The molecule has 2 unspecified atom stereocenters. The van der Waals surface area contributed by atoms with Gasteiger partial charge < -0.3 is 0 Å². The minimum atomic E-state index is -3.18. The number of hydrogen-bond donors (Lipinski definition) is 0. The number of benzene rings is 1. The van der Waals surface area contributed by atoms with Crippen LogP contribution in [-0.2, 0) is 16.3 Å². The van der Waals surface area contributed by atoms with Gasteiger partial charge in [-0.05, 0) is 18.1 Å². The number of sulfone groups is 1. The second-order valence-corrected chi connectivity index (χ2v) is 6.33. The summed E-state index contributed by atoms with van der Waals surface area (Å²) in [4.78, 5) is 0.510. The molecular formula is C13H12O2S. The van der Waals surface area contributed by atoms with Gasteiger partial charge in [-0.1, -0.05) is 42.5 Å². The van der Waals surface area contributed by atoms with E-state index in [2.05, 4.69) is 0 Å². The first-order valence-corrected chi connectivity index (χ1v) is 6.91. The molecule has 0 saturated carbocycles. The van der Waals surface area contributed by atoms with Gasteiger partial charge in [0.2, 0.25) is 0 Å². The van der Waals surface area contributed by atoms with Crippen LogP contribution < -0.4 is 0 Å². The molecule has 3 heteroatoms. The van der Waals surface area contributed by atoms with Gasteiger partial charge >= 0.3 is 0 Å². The summed E-state index contributed by atoms with van der Waals surface area (Å²) in [5.41, 5.74) is 0.948. The van der Waals surface area contributed by atoms with Crippen LogP contribution in [0.3, 0.4) is 0 Å². The molecular weight excluding hydrogens is 220 g/mol. The zero-order chi connectivity index (χ0) is 11.2. The van der Waals surface area contributed by atoms with Crippen LogP contribution >= 0.6 is 0 Å². The number of allylic oxidation sites excluding steroid dienone is 3. The molecule has 1 heterocycles. The van der Waals surface area contributed by atoms with Crippen LogP contribution in [0.2, 0.25) is 0 Å². The molecule has 82 valence electrons. The highest BCUT2D eigenvalue weighted by atomic mass is 32.2. The van der Waals surface area contributed by atoms with Crippen molar-refractivity contribution in [2.24, 2.45) is 5.92 Å². The van der Waals surface area contributed by atoms with Crippen LogP contribution in [0.25, 0.3) is 0 Å². The molecule has 2 aliphatic rings. The van der Waals surface area contributed by atoms with Gasteiger partial charge in [-0.3, -0.25) is 0 Å². The first-order valence-electron chi connectivity index (χ1n) is 5.36.